The molecule has 0 bridgehead atoms. The molecule has 0 aliphatic carbocycles. The molecule has 1 heterocycles. The molecule has 3 aromatic rings. The van der Waals surface area contributed by atoms with Crippen LogP contribution in [0, 0.1) is 6.92 Å². The average molecular weight is 398 g/mol. The van der Waals surface area contributed by atoms with Gasteiger partial charge in [0.25, 0.3) is 0 Å². The van der Waals surface area contributed by atoms with Crippen LogP contribution in [0.2, 0.25) is 5.02 Å². The SMILES string of the molecule is CCS(=O)c1c(-c2ccc(Cl)cc2)oc2c(C)cc(Br)cc12. The van der Waals surface area contributed by atoms with Crippen LogP contribution in [0.15, 0.2) is 50.2 Å². The summed E-state index contributed by atoms with van der Waals surface area (Å²) in [5.74, 6) is 1.20. The molecule has 3 rings (SSSR count). The second kappa shape index (κ2) is 6.19. The van der Waals surface area contributed by atoms with Crippen LogP contribution in [-0.2, 0) is 10.8 Å². The Morgan fingerprint density at radius 1 is 1.23 bits per heavy atom. The smallest absolute Gasteiger partial charge is 0.151 e. The van der Waals surface area contributed by atoms with Crippen molar-refractivity contribution in [3.8, 4) is 11.3 Å². The predicted molar refractivity (Wildman–Crippen MR) is 96.0 cm³/mol. The standard InChI is InChI=1S/C17H14BrClO2S/c1-3-22(20)17-14-9-12(18)8-10(2)15(14)21-16(17)11-4-6-13(19)7-5-11/h4-9H,3H2,1-2H3. The Morgan fingerprint density at radius 3 is 2.55 bits per heavy atom. The normalized spacial score (nSPS) is 12.7. The predicted octanol–water partition coefficient (Wildman–Crippen LogP) is 5.95. The van der Waals surface area contributed by atoms with Crippen molar-refractivity contribution >= 4 is 49.3 Å². The van der Waals surface area contributed by atoms with E-state index >= 15 is 0 Å². The van der Waals surface area contributed by atoms with Gasteiger partial charge in [-0.2, -0.15) is 0 Å². The number of rotatable bonds is 3. The molecule has 22 heavy (non-hydrogen) atoms. The molecule has 0 saturated heterocycles. The Bertz CT molecular complexity index is 868. The molecule has 2 aromatic carbocycles. The van der Waals surface area contributed by atoms with E-state index in [-0.39, 0.29) is 0 Å². The maximum atomic E-state index is 12.6. The zero-order valence-corrected chi connectivity index (χ0v) is 15.3. The summed E-state index contributed by atoms with van der Waals surface area (Å²) in [6, 6.07) is 11.4. The van der Waals surface area contributed by atoms with Gasteiger partial charge in [-0.1, -0.05) is 34.5 Å². The highest BCUT2D eigenvalue weighted by atomic mass is 79.9. The lowest BCUT2D eigenvalue weighted by atomic mass is 10.1. The lowest BCUT2D eigenvalue weighted by molar-refractivity contribution is 0.620. The third kappa shape index (κ3) is 2.75. The molecule has 0 aliphatic rings. The second-order valence-corrected chi connectivity index (χ2v) is 8.03. The second-order valence-electron chi connectivity index (χ2n) is 5.00. The molecule has 0 fully saturated rings. The highest BCUT2D eigenvalue weighted by Gasteiger charge is 2.21. The summed E-state index contributed by atoms with van der Waals surface area (Å²) < 4.78 is 19.6. The Hall–Kier alpha value is -1.10. The van der Waals surface area contributed by atoms with E-state index in [4.69, 9.17) is 16.0 Å². The van der Waals surface area contributed by atoms with E-state index in [1.54, 1.807) is 0 Å². The van der Waals surface area contributed by atoms with Crippen LogP contribution in [0.3, 0.4) is 0 Å². The maximum absolute atomic E-state index is 12.6. The number of aryl methyl sites for hydroxylation is 1. The monoisotopic (exact) mass is 396 g/mol. The Labute approximate surface area is 145 Å². The van der Waals surface area contributed by atoms with Crippen LogP contribution in [-0.4, -0.2) is 9.96 Å². The molecule has 5 heteroatoms. The Balaban J connectivity index is 2.36. The quantitative estimate of drug-likeness (QED) is 0.546. The third-order valence-electron chi connectivity index (χ3n) is 3.49. The fraction of sp³-hybridized carbons (Fsp3) is 0.176. The molecule has 0 N–H and O–H groups in total. The number of furan rings is 1. The van der Waals surface area contributed by atoms with E-state index in [1.807, 2.05) is 50.2 Å². The Kier molecular flexibility index (Phi) is 4.44. The van der Waals surface area contributed by atoms with Gasteiger partial charge in [0.2, 0.25) is 0 Å². The Morgan fingerprint density at radius 2 is 1.91 bits per heavy atom. The van der Waals surface area contributed by atoms with Crippen LogP contribution >= 0.6 is 27.5 Å². The van der Waals surface area contributed by atoms with E-state index in [2.05, 4.69) is 15.9 Å². The fourth-order valence-corrected chi connectivity index (χ4v) is 4.22. The van der Waals surface area contributed by atoms with Crippen LogP contribution < -0.4 is 0 Å². The van der Waals surface area contributed by atoms with Gasteiger partial charge in [0, 0.05) is 26.2 Å². The largest absolute Gasteiger partial charge is 0.454 e. The van der Waals surface area contributed by atoms with Gasteiger partial charge in [0.15, 0.2) is 5.76 Å². The minimum Gasteiger partial charge on any atom is -0.454 e. The van der Waals surface area contributed by atoms with Crippen LogP contribution in [0.4, 0.5) is 0 Å². The third-order valence-corrected chi connectivity index (χ3v) is 5.59. The summed E-state index contributed by atoms with van der Waals surface area (Å²) in [5, 5.41) is 1.56. The maximum Gasteiger partial charge on any atom is 0.151 e. The molecular formula is C17H14BrClO2S. The summed E-state index contributed by atoms with van der Waals surface area (Å²) in [4.78, 5) is 0.754. The molecule has 1 unspecified atom stereocenters. The van der Waals surface area contributed by atoms with Crippen molar-refractivity contribution < 1.29 is 8.63 Å². The van der Waals surface area contributed by atoms with Crippen molar-refractivity contribution in [1.82, 2.24) is 0 Å². The zero-order chi connectivity index (χ0) is 15.9. The molecule has 0 aliphatic heterocycles. The summed E-state index contributed by atoms with van der Waals surface area (Å²) in [6.07, 6.45) is 0. The summed E-state index contributed by atoms with van der Waals surface area (Å²) in [6.45, 7) is 3.90. The van der Waals surface area contributed by atoms with Gasteiger partial charge in [0.1, 0.15) is 5.58 Å². The van der Waals surface area contributed by atoms with Gasteiger partial charge in [-0.05, 0) is 48.9 Å². The van der Waals surface area contributed by atoms with E-state index < -0.39 is 10.8 Å². The van der Waals surface area contributed by atoms with Gasteiger partial charge >= 0.3 is 0 Å². The number of benzene rings is 2. The lowest BCUT2D eigenvalue weighted by Gasteiger charge is -2.02. The first-order valence-electron chi connectivity index (χ1n) is 6.88. The van der Waals surface area contributed by atoms with E-state index in [0.717, 1.165) is 31.5 Å². The topological polar surface area (TPSA) is 30.2 Å². The van der Waals surface area contributed by atoms with Gasteiger partial charge in [-0.3, -0.25) is 4.21 Å². The van der Waals surface area contributed by atoms with E-state index in [0.29, 0.717) is 16.5 Å². The van der Waals surface area contributed by atoms with Gasteiger partial charge in [-0.25, -0.2) is 0 Å². The van der Waals surface area contributed by atoms with E-state index in [9.17, 15) is 4.21 Å². The minimum atomic E-state index is -1.12. The first kappa shape index (κ1) is 15.8. The van der Waals surface area contributed by atoms with Crippen molar-refractivity contribution in [2.24, 2.45) is 0 Å². The van der Waals surface area contributed by atoms with Crippen molar-refractivity contribution in [2.75, 3.05) is 5.75 Å². The molecule has 0 radical (unpaired) electrons. The summed E-state index contributed by atoms with van der Waals surface area (Å²) >= 11 is 9.46. The number of fused-ring (bicyclic) bond motifs is 1. The number of halogens is 2. The van der Waals surface area contributed by atoms with Crippen LogP contribution in [0.1, 0.15) is 12.5 Å². The molecule has 2 nitrogen and oxygen atoms in total. The highest BCUT2D eigenvalue weighted by molar-refractivity contribution is 9.10. The first-order valence-corrected chi connectivity index (χ1v) is 9.37. The average Bonchev–Trinajstić information content (AvgIpc) is 2.87. The van der Waals surface area contributed by atoms with Crippen LogP contribution in [0.25, 0.3) is 22.3 Å². The van der Waals surface area contributed by atoms with Crippen molar-refractivity contribution in [3.63, 3.8) is 0 Å². The summed E-state index contributed by atoms with van der Waals surface area (Å²) in [7, 11) is -1.12. The van der Waals surface area contributed by atoms with Crippen LogP contribution in [0.5, 0.6) is 0 Å². The minimum absolute atomic E-state index is 0.542. The molecule has 0 amide bonds. The van der Waals surface area contributed by atoms with E-state index in [1.165, 1.54) is 0 Å². The fourth-order valence-electron chi connectivity index (χ4n) is 2.47. The van der Waals surface area contributed by atoms with Gasteiger partial charge in [0.05, 0.1) is 15.7 Å². The molecule has 1 aromatic heterocycles. The molecule has 0 saturated carbocycles. The lowest BCUT2D eigenvalue weighted by Crippen LogP contribution is -1.95. The molecule has 114 valence electrons. The number of hydrogen-bond acceptors (Lipinski definition) is 2. The van der Waals surface area contributed by atoms with Crippen molar-refractivity contribution in [1.29, 1.82) is 0 Å². The highest BCUT2D eigenvalue weighted by Crippen LogP contribution is 2.39. The molecular weight excluding hydrogens is 384 g/mol. The molecule has 0 spiro atoms. The van der Waals surface area contributed by atoms with Gasteiger partial charge in [-0.15, -0.1) is 0 Å². The van der Waals surface area contributed by atoms with Gasteiger partial charge < -0.3 is 4.42 Å². The first-order chi connectivity index (χ1) is 10.5. The zero-order valence-electron chi connectivity index (χ0n) is 12.2. The molecule has 1 atom stereocenters. The van der Waals surface area contributed by atoms with Crippen molar-refractivity contribution in [2.45, 2.75) is 18.7 Å². The number of hydrogen-bond donors (Lipinski definition) is 0. The summed E-state index contributed by atoms with van der Waals surface area (Å²) in [5.41, 5.74) is 2.68. The van der Waals surface area contributed by atoms with Crippen molar-refractivity contribution in [3.05, 3.63) is 51.5 Å².